The number of rotatable bonds is 4. The Morgan fingerprint density at radius 2 is 1.64 bits per heavy atom. The van der Waals surface area contributed by atoms with Gasteiger partial charge in [-0.3, -0.25) is 0 Å². The molecular formula is C12H16Cl2. The molecule has 2 atom stereocenters. The van der Waals surface area contributed by atoms with Gasteiger partial charge in [-0.25, -0.2) is 0 Å². The highest BCUT2D eigenvalue weighted by Crippen LogP contribution is 2.29. The van der Waals surface area contributed by atoms with Crippen molar-refractivity contribution in [1.29, 1.82) is 0 Å². The summed E-state index contributed by atoms with van der Waals surface area (Å²) in [5.74, 6) is 0.443. The van der Waals surface area contributed by atoms with Crippen molar-refractivity contribution in [3.63, 3.8) is 0 Å². The molecule has 14 heavy (non-hydrogen) atoms. The van der Waals surface area contributed by atoms with E-state index in [9.17, 15) is 0 Å². The van der Waals surface area contributed by atoms with Crippen LogP contribution >= 0.6 is 23.2 Å². The lowest BCUT2D eigenvalue weighted by Gasteiger charge is -2.20. The normalized spacial score (nSPS) is 15.1. The fourth-order valence-corrected chi connectivity index (χ4v) is 2.14. The highest BCUT2D eigenvalue weighted by molar-refractivity contribution is 6.30. The fraction of sp³-hybridized carbons (Fsp3) is 0.500. The van der Waals surface area contributed by atoms with Gasteiger partial charge in [-0.05, 0) is 36.5 Å². The molecule has 0 radical (unpaired) electrons. The molecule has 0 nitrogen and oxygen atoms in total. The molecular weight excluding hydrogens is 215 g/mol. The lowest BCUT2D eigenvalue weighted by Crippen LogP contribution is -2.10. The number of hydrogen-bond acceptors (Lipinski definition) is 0. The molecule has 0 bridgehead atoms. The summed E-state index contributed by atoms with van der Waals surface area (Å²) < 4.78 is 0. The van der Waals surface area contributed by atoms with Crippen molar-refractivity contribution >= 4 is 23.2 Å². The van der Waals surface area contributed by atoms with E-state index in [4.69, 9.17) is 23.2 Å². The SMILES string of the molecule is CCC(Cl)C(CC)c1ccc(Cl)cc1. The summed E-state index contributed by atoms with van der Waals surface area (Å²) in [5, 5.41) is 1.01. The summed E-state index contributed by atoms with van der Waals surface area (Å²) in [7, 11) is 0. The van der Waals surface area contributed by atoms with Crippen LogP contribution in [-0.4, -0.2) is 5.38 Å². The third-order valence-corrected chi connectivity index (χ3v) is 3.43. The zero-order chi connectivity index (χ0) is 10.6. The van der Waals surface area contributed by atoms with Gasteiger partial charge >= 0.3 is 0 Å². The van der Waals surface area contributed by atoms with Crippen molar-refractivity contribution in [3.05, 3.63) is 34.9 Å². The number of halogens is 2. The van der Waals surface area contributed by atoms with Gasteiger partial charge < -0.3 is 0 Å². The zero-order valence-corrected chi connectivity index (χ0v) is 10.1. The first kappa shape index (κ1) is 11.9. The maximum Gasteiger partial charge on any atom is 0.0406 e. The topological polar surface area (TPSA) is 0 Å². The van der Waals surface area contributed by atoms with Crippen LogP contribution in [0.1, 0.15) is 38.2 Å². The van der Waals surface area contributed by atoms with Gasteiger partial charge in [-0.2, -0.15) is 0 Å². The molecule has 1 aromatic carbocycles. The predicted octanol–water partition coefficient (Wildman–Crippen LogP) is 4.85. The smallest absolute Gasteiger partial charge is 0.0406 e. The molecule has 0 aromatic heterocycles. The Kier molecular flexibility index (Phi) is 4.77. The average Bonchev–Trinajstić information content (AvgIpc) is 2.21. The summed E-state index contributed by atoms with van der Waals surface area (Å²) in [6.45, 7) is 4.29. The van der Waals surface area contributed by atoms with E-state index in [1.165, 1.54) is 5.56 Å². The summed E-state index contributed by atoms with van der Waals surface area (Å²) in [6.07, 6.45) is 2.08. The van der Waals surface area contributed by atoms with Crippen molar-refractivity contribution in [2.45, 2.75) is 38.0 Å². The molecule has 0 aliphatic rings. The maximum atomic E-state index is 6.27. The summed E-state index contributed by atoms with van der Waals surface area (Å²) in [6, 6.07) is 8.00. The molecule has 0 aliphatic carbocycles. The lowest BCUT2D eigenvalue weighted by atomic mass is 9.92. The molecule has 2 unspecified atom stereocenters. The van der Waals surface area contributed by atoms with E-state index in [1.807, 2.05) is 12.1 Å². The third kappa shape index (κ3) is 2.90. The van der Waals surface area contributed by atoms with Gasteiger partial charge in [-0.1, -0.05) is 37.6 Å². The van der Waals surface area contributed by atoms with Gasteiger partial charge in [0.15, 0.2) is 0 Å². The first-order valence-corrected chi connectivity index (χ1v) is 5.90. The van der Waals surface area contributed by atoms with Crippen molar-refractivity contribution in [1.82, 2.24) is 0 Å². The minimum absolute atomic E-state index is 0.223. The van der Waals surface area contributed by atoms with E-state index in [2.05, 4.69) is 26.0 Å². The Labute approximate surface area is 96.2 Å². The van der Waals surface area contributed by atoms with Gasteiger partial charge in [0.2, 0.25) is 0 Å². The molecule has 78 valence electrons. The maximum absolute atomic E-state index is 6.27. The molecule has 2 heteroatoms. The second-order valence-corrected chi connectivity index (χ2v) is 4.49. The first-order valence-electron chi connectivity index (χ1n) is 5.08. The highest BCUT2D eigenvalue weighted by Gasteiger charge is 2.17. The van der Waals surface area contributed by atoms with E-state index >= 15 is 0 Å². The van der Waals surface area contributed by atoms with Gasteiger partial charge in [-0.15, -0.1) is 11.6 Å². The van der Waals surface area contributed by atoms with E-state index in [-0.39, 0.29) is 5.38 Å². The van der Waals surface area contributed by atoms with Crippen LogP contribution in [0.2, 0.25) is 5.02 Å². The molecule has 1 rings (SSSR count). The summed E-state index contributed by atoms with van der Waals surface area (Å²) >= 11 is 12.1. The molecule has 0 saturated heterocycles. The highest BCUT2D eigenvalue weighted by atomic mass is 35.5. The lowest BCUT2D eigenvalue weighted by molar-refractivity contribution is 0.604. The largest absolute Gasteiger partial charge is 0.122 e. The van der Waals surface area contributed by atoms with Crippen LogP contribution in [0.25, 0.3) is 0 Å². The quantitative estimate of drug-likeness (QED) is 0.649. The van der Waals surface area contributed by atoms with Crippen molar-refractivity contribution < 1.29 is 0 Å². The van der Waals surface area contributed by atoms with Crippen LogP contribution in [0.4, 0.5) is 0 Å². The first-order chi connectivity index (χ1) is 6.69. The fourth-order valence-electron chi connectivity index (χ4n) is 1.69. The van der Waals surface area contributed by atoms with Crippen LogP contribution in [0.5, 0.6) is 0 Å². The van der Waals surface area contributed by atoms with Gasteiger partial charge in [0.05, 0.1) is 0 Å². The zero-order valence-electron chi connectivity index (χ0n) is 8.63. The van der Waals surface area contributed by atoms with Crippen LogP contribution in [0, 0.1) is 0 Å². The second kappa shape index (κ2) is 5.63. The Bertz CT molecular complexity index is 266. The number of alkyl halides is 1. The van der Waals surface area contributed by atoms with Gasteiger partial charge in [0.1, 0.15) is 0 Å². The van der Waals surface area contributed by atoms with Crippen LogP contribution < -0.4 is 0 Å². The molecule has 0 amide bonds. The minimum atomic E-state index is 0.223. The molecule has 0 fully saturated rings. The van der Waals surface area contributed by atoms with Gasteiger partial charge in [0.25, 0.3) is 0 Å². The average molecular weight is 231 g/mol. The molecule has 0 N–H and O–H groups in total. The van der Waals surface area contributed by atoms with Crippen molar-refractivity contribution in [2.24, 2.45) is 0 Å². The number of benzene rings is 1. The molecule has 0 spiro atoms. The Hall–Kier alpha value is -0.200. The standard InChI is InChI=1S/C12H16Cl2/c1-3-11(12(14)4-2)9-5-7-10(13)8-6-9/h5-8,11-12H,3-4H2,1-2H3. The minimum Gasteiger partial charge on any atom is -0.122 e. The van der Waals surface area contributed by atoms with Crippen molar-refractivity contribution in [3.8, 4) is 0 Å². The van der Waals surface area contributed by atoms with E-state index < -0.39 is 0 Å². The number of hydrogen-bond donors (Lipinski definition) is 0. The van der Waals surface area contributed by atoms with Crippen LogP contribution in [-0.2, 0) is 0 Å². The molecule has 0 saturated carbocycles. The van der Waals surface area contributed by atoms with E-state index in [0.717, 1.165) is 17.9 Å². The van der Waals surface area contributed by atoms with E-state index in [0.29, 0.717) is 5.92 Å². The second-order valence-electron chi connectivity index (χ2n) is 3.49. The predicted molar refractivity (Wildman–Crippen MR) is 64.4 cm³/mol. The third-order valence-electron chi connectivity index (χ3n) is 2.56. The van der Waals surface area contributed by atoms with Crippen molar-refractivity contribution in [2.75, 3.05) is 0 Å². The Morgan fingerprint density at radius 1 is 1.07 bits per heavy atom. The summed E-state index contributed by atoms with van der Waals surface area (Å²) in [4.78, 5) is 0. The Morgan fingerprint density at radius 3 is 2.07 bits per heavy atom. The van der Waals surface area contributed by atoms with Gasteiger partial charge in [0, 0.05) is 10.4 Å². The molecule has 1 aromatic rings. The van der Waals surface area contributed by atoms with Crippen LogP contribution in [0.15, 0.2) is 24.3 Å². The molecule has 0 heterocycles. The monoisotopic (exact) mass is 230 g/mol. The summed E-state index contributed by atoms with van der Waals surface area (Å²) in [5.41, 5.74) is 1.29. The van der Waals surface area contributed by atoms with E-state index in [1.54, 1.807) is 0 Å². The Balaban J connectivity index is 2.84. The van der Waals surface area contributed by atoms with Crippen LogP contribution in [0.3, 0.4) is 0 Å². The molecule has 0 aliphatic heterocycles.